The first kappa shape index (κ1) is 71.4. The number of nitrogens with zero attached hydrogens (tertiary/aromatic N) is 16. The molecule has 532 valence electrons. The van der Waals surface area contributed by atoms with Gasteiger partial charge in [-0.15, -0.1) is 0 Å². The molecule has 0 atom stereocenters. The second kappa shape index (κ2) is 23.8. The molecule has 0 saturated carbocycles. The van der Waals surface area contributed by atoms with Crippen LogP contribution < -0.4 is 18.9 Å². The summed E-state index contributed by atoms with van der Waals surface area (Å²) in [6.07, 6.45) is -6.13. The van der Waals surface area contributed by atoms with E-state index in [2.05, 4.69) is 0 Å². The van der Waals surface area contributed by atoms with Gasteiger partial charge in [-0.25, -0.2) is 72.0 Å². The largest absolute Gasteiger partial charge is 2.00 e. The third-order valence-electron chi connectivity index (χ3n) is 21.8. The average molecular weight is 1500 g/mol. The van der Waals surface area contributed by atoms with Crippen molar-refractivity contribution in [1.29, 1.82) is 0 Å². The van der Waals surface area contributed by atoms with E-state index in [1.54, 1.807) is 27.7 Å². The predicted molar refractivity (Wildman–Crippen MR) is 328 cm³/mol. The molecular formula is C54H64Mg2N16O24S4. The zero-order valence-electron chi connectivity index (χ0n) is 54.2. The number of hydrogen-bond acceptors (Lipinski definition) is 24. The van der Waals surface area contributed by atoms with E-state index in [1.807, 2.05) is 0 Å². The summed E-state index contributed by atoms with van der Waals surface area (Å²) in [6, 6.07) is -0.123. The Morgan fingerprint density at radius 3 is 0.690 bits per heavy atom. The molecule has 2 aromatic carbocycles. The Kier molecular flexibility index (Phi) is 17.0. The normalized spacial score (nSPS) is 29.0. The first-order valence-electron chi connectivity index (χ1n) is 31.2. The zero-order chi connectivity index (χ0) is 70.0. The first-order chi connectivity index (χ1) is 45.9. The SMILES string of the molecule is CC12N3Cc4c(OCCCS(=O)(=O)[O-])ccc(OCCCS(=O)(=O)[O-])c4CN1C(=O)N1CN4C(=O)N5CN6C(=O)N7CN8C(=O)N9Cc%10c(OCCCS(=O)(=O)[O-])ccc(OCCCS(=O)(=O)[O-])c%10CN%10C(=O)N(CN%11C(=O)N(CN%12C(=O)N(CN(C3=O)C12C)C4C%125)C6C%117)C8(C)C%109C.[Mg+2].[Mg+2]. The number of carbonyl (C=O) groups excluding carboxylic acids is 8. The van der Waals surface area contributed by atoms with E-state index in [0.29, 0.717) is 0 Å². The minimum absolute atomic E-state index is 0. The number of ether oxygens (including phenoxy) is 4. The molecule has 11 saturated heterocycles. The number of fused-ring (bicyclic) bond motifs is 2. The maximum absolute atomic E-state index is 15.6. The smallest absolute Gasteiger partial charge is 0.748 e. The second-order valence-electron chi connectivity index (χ2n) is 26.6. The van der Waals surface area contributed by atoms with Crippen molar-refractivity contribution >= 4 is 135 Å². The van der Waals surface area contributed by atoms with Gasteiger partial charge in [0.15, 0.2) is 47.3 Å². The van der Waals surface area contributed by atoms with Gasteiger partial charge in [0, 0.05) is 45.3 Å². The van der Waals surface area contributed by atoms with Gasteiger partial charge in [-0.3, -0.25) is 78.4 Å². The Morgan fingerprint density at radius 1 is 0.320 bits per heavy atom. The van der Waals surface area contributed by atoms with E-state index in [9.17, 15) is 51.9 Å². The summed E-state index contributed by atoms with van der Waals surface area (Å²) >= 11 is 0. The molecule has 0 radical (unpaired) electrons. The summed E-state index contributed by atoms with van der Waals surface area (Å²) in [5.74, 6) is -2.61. The molecule has 46 heteroatoms. The van der Waals surface area contributed by atoms with E-state index in [1.165, 1.54) is 103 Å². The van der Waals surface area contributed by atoms with E-state index < -0.39 is 199 Å². The van der Waals surface area contributed by atoms with Crippen LogP contribution in [0.25, 0.3) is 0 Å². The van der Waals surface area contributed by atoms with Crippen LogP contribution in [0.2, 0.25) is 0 Å². The Bertz CT molecular complexity index is 3890. The number of amides is 16. The van der Waals surface area contributed by atoms with Crippen molar-refractivity contribution in [3.8, 4) is 23.0 Å². The molecule has 0 spiro atoms. The Hall–Kier alpha value is -7.03. The van der Waals surface area contributed by atoms with Crippen molar-refractivity contribution < 1.29 is 109 Å². The minimum atomic E-state index is -4.64. The number of rotatable bonds is 20. The molecule has 13 aliphatic rings. The summed E-state index contributed by atoms with van der Waals surface area (Å²) in [5, 5.41) is 0. The monoisotopic (exact) mass is 1500 g/mol. The van der Waals surface area contributed by atoms with Crippen LogP contribution in [0.4, 0.5) is 38.4 Å². The number of hydrogen-bond donors (Lipinski definition) is 0. The molecule has 16 amide bonds. The summed E-state index contributed by atoms with van der Waals surface area (Å²) in [5.41, 5.74) is -5.75. The number of benzene rings is 2. The van der Waals surface area contributed by atoms with Gasteiger partial charge in [-0.2, -0.15) is 0 Å². The maximum Gasteiger partial charge on any atom is 2.00 e. The Balaban J connectivity index is 0.00000448. The van der Waals surface area contributed by atoms with E-state index >= 15 is 38.4 Å². The minimum Gasteiger partial charge on any atom is -0.748 e. The van der Waals surface area contributed by atoms with E-state index in [0.717, 1.165) is 0 Å². The van der Waals surface area contributed by atoms with Gasteiger partial charge in [0.05, 0.1) is 93.1 Å². The first-order valence-corrected chi connectivity index (χ1v) is 37.5. The molecule has 0 aromatic heterocycles. The molecule has 0 bridgehead atoms. The molecule has 11 fully saturated rings. The van der Waals surface area contributed by atoms with Crippen molar-refractivity contribution in [1.82, 2.24) is 78.4 Å². The average Bonchev–Trinajstić information content (AvgIpc) is 1.50. The molecule has 13 aliphatic heterocycles. The van der Waals surface area contributed by atoms with E-state index in [4.69, 9.17) is 18.9 Å². The van der Waals surface area contributed by atoms with Crippen molar-refractivity contribution in [3.63, 3.8) is 0 Å². The van der Waals surface area contributed by atoms with Gasteiger partial charge in [0.2, 0.25) is 0 Å². The molecule has 0 unspecified atom stereocenters. The van der Waals surface area contributed by atoms with Crippen LogP contribution in [0.15, 0.2) is 24.3 Å². The van der Waals surface area contributed by atoms with Crippen LogP contribution in [-0.4, -0.2) is 361 Å². The third-order valence-corrected chi connectivity index (χ3v) is 25.0. The molecule has 40 nitrogen and oxygen atoms in total. The Labute approximate surface area is 604 Å². The van der Waals surface area contributed by atoms with Crippen molar-refractivity contribution in [2.24, 2.45) is 0 Å². The quantitative estimate of drug-likeness (QED) is 0.0769. The second-order valence-corrected chi connectivity index (χ2v) is 32.6. The number of carbonyl (C=O) groups is 8. The topological polar surface area (TPSA) is 454 Å². The summed E-state index contributed by atoms with van der Waals surface area (Å²) in [7, 11) is -18.6. The molecular weight excluding hydrogens is 1430 g/mol. The molecule has 2 aromatic rings. The predicted octanol–water partition coefficient (Wildman–Crippen LogP) is -2.24. The number of urea groups is 8. The van der Waals surface area contributed by atoms with Crippen LogP contribution in [0.1, 0.15) is 75.6 Å². The van der Waals surface area contributed by atoms with Crippen molar-refractivity contribution in [3.05, 3.63) is 46.5 Å². The van der Waals surface area contributed by atoms with Gasteiger partial charge in [0.25, 0.3) is 0 Å². The van der Waals surface area contributed by atoms with Gasteiger partial charge in [0.1, 0.15) is 63.0 Å². The maximum atomic E-state index is 15.6. The van der Waals surface area contributed by atoms with Crippen LogP contribution in [-0.2, 0) is 66.7 Å². The van der Waals surface area contributed by atoms with Crippen LogP contribution >= 0.6 is 0 Å². The third kappa shape index (κ3) is 10.2. The fourth-order valence-corrected chi connectivity index (χ4v) is 18.7. The summed E-state index contributed by atoms with van der Waals surface area (Å²) in [6.45, 7) is 0.547. The van der Waals surface area contributed by atoms with Gasteiger partial charge in [-0.05, 0) is 77.6 Å². The molecule has 100 heavy (non-hydrogen) atoms. The van der Waals surface area contributed by atoms with Gasteiger partial charge in [-0.1, -0.05) is 0 Å². The van der Waals surface area contributed by atoms with Crippen LogP contribution in [0, 0.1) is 0 Å². The standard InChI is InChI=1S/C54H68N16O24S4.2Mg/c1-51-53(3)67-27-59-41-39-55(43(59)71)25-57-40-42-61(45(57)73)29-69-49(77)65-23-33-34(38(94-16-8-20-98(88,89)90)12-11-37(33)93-15-7-19-97(85,86)87)24-66-50(78)70(54(69,4)52(65,66)2)30-62(42)46(74)58(40)26-56(39)44(72)60(41)28-68(53)48(76)64(51)22-32-31(21-63(51)47(67)75)35(91-13-5-17-95(79,80)81)9-10-36(32)92-14-6-18-96(82,83)84;;/h9-12,39-42H,5-8,13-30H2,1-4H3,(H,79,80,81)(H,82,83,84)(H,85,86,87)(H,88,89,90);;/q;2*+2/p-4. The van der Waals surface area contributed by atoms with Crippen LogP contribution in [0.3, 0.4) is 0 Å². The van der Waals surface area contributed by atoms with Gasteiger partial charge >= 0.3 is 94.4 Å². The summed E-state index contributed by atoms with van der Waals surface area (Å²) < 4.78 is 163. The van der Waals surface area contributed by atoms with Crippen molar-refractivity contribution in [2.45, 2.75) is 127 Å². The van der Waals surface area contributed by atoms with Gasteiger partial charge < -0.3 is 37.2 Å². The van der Waals surface area contributed by atoms with Crippen molar-refractivity contribution in [2.75, 3.05) is 89.5 Å². The van der Waals surface area contributed by atoms with Crippen LogP contribution in [0.5, 0.6) is 23.0 Å². The molecule has 0 N–H and O–H groups in total. The Morgan fingerprint density at radius 2 is 0.500 bits per heavy atom. The molecule has 15 rings (SSSR count). The zero-order valence-corrected chi connectivity index (χ0v) is 60.3. The van der Waals surface area contributed by atoms with E-state index in [-0.39, 0.29) is 170 Å². The molecule has 0 aliphatic carbocycles. The molecule has 13 heterocycles. The summed E-state index contributed by atoms with van der Waals surface area (Å²) in [4.78, 5) is 146. The fraction of sp³-hybridized carbons (Fsp3) is 0.630. The fourth-order valence-electron chi connectivity index (χ4n) is 16.8.